The zero-order valence-corrected chi connectivity index (χ0v) is 28.9. The fourth-order valence-electron chi connectivity index (χ4n) is 6.26. The third-order valence-corrected chi connectivity index (χ3v) is 9.23. The zero-order chi connectivity index (χ0) is 31.3. The molecule has 44 heavy (non-hydrogen) atoms. The molecule has 2 aliphatic carbocycles. The van der Waals surface area contributed by atoms with E-state index in [1.54, 1.807) is 5.49 Å². The van der Waals surface area contributed by atoms with Gasteiger partial charge in [0.2, 0.25) is 0 Å². The summed E-state index contributed by atoms with van der Waals surface area (Å²) in [4.78, 5) is 23.8. The van der Waals surface area contributed by atoms with Gasteiger partial charge in [-0.3, -0.25) is 9.88 Å². The normalized spacial score (nSPS) is 16.2. The number of hydrogen-bond donors (Lipinski definition) is 3. The monoisotopic (exact) mass is 681 g/mol. The Morgan fingerprint density at radius 3 is 2.66 bits per heavy atom. The predicted octanol–water partition coefficient (Wildman–Crippen LogP) is 6.19. The first-order valence-corrected chi connectivity index (χ1v) is 17.3. The van der Waals surface area contributed by atoms with Crippen molar-refractivity contribution in [3.8, 4) is 0 Å². The highest BCUT2D eigenvalue weighted by molar-refractivity contribution is 9.10. The van der Waals surface area contributed by atoms with Gasteiger partial charge in [0.05, 0.1) is 23.6 Å². The summed E-state index contributed by atoms with van der Waals surface area (Å²) in [6.45, 7) is 7.59. The van der Waals surface area contributed by atoms with Gasteiger partial charge in [-0.05, 0) is 90.7 Å². The van der Waals surface area contributed by atoms with Crippen LogP contribution >= 0.6 is 28.1 Å². The lowest BCUT2D eigenvalue weighted by atomic mass is 9.95. The molecule has 10 heteroatoms. The van der Waals surface area contributed by atoms with Gasteiger partial charge in [-0.1, -0.05) is 62.2 Å². The summed E-state index contributed by atoms with van der Waals surface area (Å²) in [6, 6.07) is 9.43. The van der Waals surface area contributed by atoms with E-state index in [2.05, 4.69) is 92.1 Å². The largest absolute Gasteiger partial charge is 0.382 e. The third kappa shape index (κ3) is 9.84. The van der Waals surface area contributed by atoms with Crippen LogP contribution in [0.25, 0.3) is 0 Å². The molecule has 2 aromatic heterocycles. The molecular formula is C34H48BrN7OS. The number of nitrogens with one attached hydrogen (secondary N) is 3. The van der Waals surface area contributed by atoms with Crippen molar-refractivity contribution >= 4 is 39.7 Å². The molecule has 0 spiro atoms. The van der Waals surface area contributed by atoms with E-state index in [1.807, 2.05) is 30.3 Å². The maximum absolute atomic E-state index is 12.4. The standard InChI is InChI=1S/C26H35BrN4O.C8H13N3S/c1-3-31(14-13-28-26(32)30-22-7-5-4-6-8-22)25-23-12-9-18(2)15-19(23)10-11-20-16-21(27)17-29-24(20)25;1-11-6-10-5-8(11)3-2-4-9-7-12/h9,12,15-17,22,25H,3-8,10-11,13-14H2,1-2H3,(H2,28,30,32);5-7H,2-4H2,1H3,(H,9,12). The van der Waals surface area contributed by atoms with Crippen LogP contribution in [0.1, 0.15) is 85.1 Å². The summed E-state index contributed by atoms with van der Waals surface area (Å²) in [5.74, 6) is 0. The summed E-state index contributed by atoms with van der Waals surface area (Å²) in [5, 5.41) is 9.24. The van der Waals surface area contributed by atoms with Crippen molar-refractivity contribution in [3.63, 3.8) is 0 Å². The number of pyridine rings is 1. The Balaban J connectivity index is 0.000000309. The number of aromatic nitrogens is 3. The molecule has 2 amide bonds. The lowest BCUT2D eigenvalue weighted by Gasteiger charge is -2.32. The molecule has 0 saturated heterocycles. The number of fused-ring (bicyclic) bond motifs is 2. The molecule has 1 saturated carbocycles. The van der Waals surface area contributed by atoms with Crippen LogP contribution in [0.2, 0.25) is 0 Å². The lowest BCUT2D eigenvalue weighted by Crippen LogP contribution is -2.45. The number of aryl methyl sites for hydroxylation is 5. The van der Waals surface area contributed by atoms with E-state index in [4.69, 9.17) is 4.98 Å². The van der Waals surface area contributed by atoms with E-state index in [1.165, 1.54) is 47.2 Å². The molecule has 1 atom stereocenters. The maximum Gasteiger partial charge on any atom is 0.315 e. The molecular weight excluding hydrogens is 634 g/mol. The number of likely N-dealkylation sites (N-methyl/N-ethyl adjacent to an activating group) is 1. The number of thiocarbonyl (C=S) groups is 1. The average molecular weight is 683 g/mol. The summed E-state index contributed by atoms with van der Waals surface area (Å²) >= 11 is 8.24. The number of carbonyl (C=O) groups excluding carboxylic acids is 1. The van der Waals surface area contributed by atoms with Crippen LogP contribution in [-0.4, -0.2) is 63.2 Å². The highest BCUT2D eigenvalue weighted by Gasteiger charge is 2.29. The van der Waals surface area contributed by atoms with Crippen molar-refractivity contribution in [3.05, 3.63) is 81.1 Å². The van der Waals surface area contributed by atoms with E-state index in [0.717, 1.165) is 68.3 Å². The minimum atomic E-state index is -0.0349. The Kier molecular flexibility index (Phi) is 13.6. The fourth-order valence-corrected chi connectivity index (χ4v) is 6.76. The SMILES string of the molecule is CCN(CCNC(=O)NC1CCCCC1)C1c2ccc(C)cc2CCc2cc(Br)cnc21.Cn1cncc1CCCNC=S. The highest BCUT2D eigenvalue weighted by atomic mass is 79.9. The van der Waals surface area contributed by atoms with Crippen LogP contribution in [0.5, 0.6) is 0 Å². The second-order valence-electron chi connectivity index (χ2n) is 11.8. The van der Waals surface area contributed by atoms with Gasteiger partial charge in [-0.25, -0.2) is 9.78 Å². The number of hydrogen-bond acceptors (Lipinski definition) is 5. The summed E-state index contributed by atoms with van der Waals surface area (Å²) in [6.07, 6.45) is 15.7. The number of benzene rings is 1. The average Bonchev–Trinajstić information content (AvgIpc) is 3.36. The molecule has 3 N–H and O–H groups in total. The third-order valence-electron chi connectivity index (χ3n) is 8.63. The van der Waals surface area contributed by atoms with Gasteiger partial charge in [0.15, 0.2) is 0 Å². The van der Waals surface area contributed by atoms with Crippen LogP contribution in [-0.2, 0) is 26.3 Å². The van der Waals surface area contributed by atoms with Crippen molar-refractivity contribution < 1.29 is 4.79 Å². The first-order valence-electron chi connectivity index (χ1n) is 16.0. The Labute approximate surface area is 276 Å². The maximum atomic E-state index is 12.4. The first kappa shape index (κ1) is 34.1. The fraction of sp³-hybridized carbons (Fsp3) is 0.529. The summed E-state index contributed by atoms with van der Waals surface area (Å²) < 4.78 is 3.07. The molecule has 1 aromatic carbocycles. The quantitative estimate of drug-likeness (QED) is 0.165. The number of nitrogens with zero attached hydrogens (tertiary/aromatic N) is 4. The van der Waals surface area contributed by atoms with Gasteiger partial charge in [0.25, 0.3) is 0 Å². The van der Waals surface area contributed by atoms with Crippen LogP contribution in [0.3, 0.4) is 0 Å². The number of rotatable bonds is 11. The van der Waals surface area contributed by atoms with Crippen LogP contribution in [0.15, 0.2) is 47.5 Å². The molecule has 8 nitrogen and oxygen atoms in total. The molecule has 238 valence electrons. The van der Waals surface area contributed by atoms with Gasteiger partial charge in [-0.2, -0.15) is 0 Å². The molecule has 5 rings (SSSR count). The molecule has 0 bridgehead atoms. The Morgan fingerprint density at radius 2 is 1.93 bits per heavy atom. The number of amides is 2. The predicted molar refractivity (Wildman–Crippen MR) is 186 cm³/mol. The Hall–Kier alpha value is -2.82. The Morgan fingerprint density at radius 1 is 1.14 bits per heavy atom. The topological polar surface area (TPSA) is 87.1 Å². The highest BCUT2D eigenvalue weighted by Crippen LogP contribution is 2.36. The van der Waals surface area contributed by atoms with Crippen molar-refractivity contribution in [2.24, 2.45) is 7.05 Å². The summed E-state index contributed by atoms with van der Waals surface area (Å²) in [5.41, 5.74) is 9.32. The van der Waals surface area contributed by atoms with Gasteiger partial charge in [0, 0.05) is 55.3 Å². The van der Waals surface area contributed by atoms with Crippen LogP contribution in [0.4, 0.5) is 4.79 Å². The van der Waals surface area contributed by atoms with Crippen molar-refractivity contribution in [2.45, 2.75) is 83.7 Å². The molecule has 2 heterocycles. The summed E-state index contributed by atoms with van der Waals surface area (Å²) in [7, 11) is 2.01. The van der Waals surface area contributed by atoms with Crippen LogP contribution in [0, 0.1) is 6.92 Å². The van der Waals surface area contributed by atoms with Crippen molar-refractivity contribution in [1.82, 2.24) is 35.4 Å². The molecule has 0 radical (unpaired) electrons. The smallest absolute Gasteiger partial charge is 0.315 e. The zero-order valence-electron chi connectivity index (χ0n) is 26.4. The molecule has 2 aliphatic rings. The number of urea groups is 1. The van der Waals surface area contributed by atoms with E-state index >= 15 is 0 Å². The Bertz CT molecular complexity index is 1300. The molecule has 1 fully saturated rings. The van der Waals surface area contributed by atoms with Crippen LogP contribution < -0.4 is 16.0 Å². The molecule has 1 unspecified atom stereocenters. The van der Waals surface area contributed by atoms with E-state index in [-0.39, 0.29) is 12.1 Å². The second kappa shape index (κ2) is 17.6. The van der Waals surface area contributed by atoms with Gasteiger partial charge in [0.1, 0.15) is 0 Å². The first-order chi connectivity index (χ1) is 21.4. The van der Waals surface area contributed by atoms with Gasteiger partial charge in [-0.15, -0.1) is 0 Å². The molecule has 3 aromatic rings. The lowest BCUT2D eigenvalue weighted by molar-refractivity contribution is 0.218. The van der Waals surface area contributed by atoms with E-state index < -0.39 is 0 Å². The van der Waals surface area contributed by atoms with Crippen molar-refractivity contribution in [2.75, 3.05) is 26.2 Å². The van der Waals surface area contributed by atoms with E-state index in [0.29, 0.717) is 12.6 Å². The van der Waals surface area contributed by atoms with Gasteiger partial charge < -0.3 is 20.5 Å². The van der Waals surface area contributed by atoms with E-state index in [9.17, 15) is 4.79 Å². The second-order valence-corrected chi connectivity index (χ2v) is 13.0. The molecule has 0 aliphatic heterocycles. The van der Waals surface area contributed by atoms with Gasteiger partial charge >= 0.3 is 6.03 Å². The minimum Gasteiger partial charge on any atom is -0.382 e. The number of halogens is 1. The number of imidazole rings is 1. The number of carbonyl (C=O) groups is 1. The van der Waals surface area contributed by atoms with Crippen molar-refractivity contribution in [1.29, 1.82) is 0 Å². The minimum absolute atomic E-state index is 0.0349.